The van der Waals surface area contributed by atoms with Crippen molar-refractivity contribution in [2.45, 2.75) is 75.5 Å². The molecule has 1 aromatic rings. The topological polar surface area (TPSA) is 241 Å². The summed E-state index contributed by atoms with van der Waals surface area (Å²) in [5.41, 5.74) is 22.7. The maximum Gasteiger partial charge on any atom is 0.243 e. The standard InChI is InChI=1S/C26H42N8O5/c27-18(11-6-12-31-26(29)30)23(37)32-19(13-17-9-4-5-10-17)24(38)33-20(14-16-7-2-1-3-8-16)25(39)34-21(15-35)22(28)36/h1-3,7-8,17-21,35H,4-6,9-15,27H2,(H2,28,36)(H,32,37)(H,33,38)(H,34,39)(H4,29,30,31)/t18-,19-,20-,21-/m0/s1. The molecule has 2 rings (SSSR count). The molecule has 0 spiro atoms. The molecule has 0 aliphatic heterocycles. The van der Waals surface area contributed by atoms with Crippen LogP contribution in [0.4, 0.5) is 0 Å². The number of hydrogen-bond donors (Lipinski definition) is 8. The van der Waals surface area contributed by atoms with E-state index in [4.69, 9.17) is 22.9 Å². The molecule has 1 aliphatic carbocycles. The molecule has 1 aromatic carbocycles. The van der Waals surface area contributed by atoms with E-state index in [0.29, 0.717) is 25.8 Å². The van der Waals surface area contributed by atoms with Crippen LogP contribution in [0.2, 0.25) is 0 Å². The molecule has 1 saturated carbocycles. The first kappa shape index (κ1) is 31.5. The van der Waals surface area contributed by atoms with E-state index in [2.05, 4.69) is 20.9 Å². The van der Waals surface area contributed by atoms with E-state index in [1.165, 1.54) is 0 Å². The summed E-state index contributed by atoms with van der Waals surface area (Å²) in [6, 6.07) is 4.81. The summed E-state index contributed by atoms with van der Waals surface area (Å²) in [5, 5.41) is 17.3. The molecule has 216 valence electrons. The third-order valence-corrected chi connectivity index (χ3v) is 6.74. The van der Waals surface area contributed by atoms with E-state index in [1.54, 1.807) is 24.3 Å². The molecular weight excluding hydrogens is 504 g/mol. The van der Waals surface area contributed by atoms with Crippen LogP contribution in [-0.2, 0) is 25.6 Å². The third-order valence-electron chi connectivity index (χ3n) is 6.74. The van der Waals surface area contributed by atoms with Crippen LogP contribution in [0.15, 0.2) is 35.3 Å². The Kier molecular flexibility index (Phi) is 13.2. The van der Waals surface area contributed by atoms with Gasteiger partial charge in [-0.3, -0.25) is 24.2 Å². The zero-order valence-electron chi connectivity index (χ0n) is 22.2. The zero-order chi connectivity index (χ0) is 28.8. The molecule has 4 atom stereocenters. The molecule has 13 heteroatoms. The Hall–Kier alpha value is -3.71. The molecule has 1 aliphatic rings. The SMILES string of the molecule is NC(=O)[C@H](CO)NC(=O)[C@H](Cc1ccccc1)NC(=O)[C@H](CC1CCCC1)NC(=O)[C@@H](N)CCCN=C(N)N. The number of hydrogen-bond acceptors (Lipinski definition) is 7. The molecule has 0 radical (unpaired) electrons. The fourth-order valence-corrected chi connectivity index (χ4v) is 4.55. The first-order valence-electron chi connectivity index (χ1n) is 13.3. The number of aliphatic hydroxyl groups excluding tert-OH is 1. The molecule has 4 amide bonds. The van der Waals surface area contributed by atoms with Crippen molar-refractivity contribution in [3.8, 4) is 0 Å². The number of nitrogens with zero attached hydrogens (tertiary/aromatic N) is 1. The first-order chi connectivity index (χ1) is 18.6. The number of nitrogens with two attached hydrogens (primary N) is 4. The van der Waals surface area contributed by atoms with Gasteiger partial charge in [-0.2, -0.15) is 0 Å². The van der Waals surface area contributed by atoms with Crippen molar-refractivity contribution < 1.29 is 24.3 Å². The second-order valence-electron chi connectivity index (χ2n) is 9.90. The maximum absolute atomic E-state index is 13.5. The van der Waals surface area contributed by atoms with Gasteiger partial charge >= 0.3 is 0 Å². The van der Waals surface area contributed by atoms with Gasteiger partial charge in [-0.05, 0) is 30.7 Å². The molecule has 0 aromatic heterocycles. The van der Waals surface area contributed by atoms with Gasteiger partial charge in [0.05, 0.1) is 12.6 Å². The van der Waals surface area contributed by atoms with E-state index < -0.39 is 54.4 Å². The summed E-state index contributed by atoms with van der Waals surface area (Å²) < 4.78 is 0. The molecule has 12 N–H and O–H groups in total. The summed E-state index contributed by atoms with van der Waals surface area (Å²) in [6.45, 7) is -0.361. The van der Waals surface area contributed by atoms with Crippen LogP contribution >= 0.6 is 0 Å². The van der Waals surface area contributed by atoms with E-state index in [-0.39, 0.29) is 18.3 Å². The predicted octanol–water partition coefficient (Wildman–Crippen LogP) is -1.88. The summed E-state index contributed by atoms with van der Waals surface area (Å²) >= 11 is 0. The van der Waals surface area contributed by atoms with Crippen molar-refractivity contribution in [3.63, 3.8) is 0 Å². The number of amides is 4. The highest BCUT2D eigenvalue weighted by Gasteiger charge is 2.32. The lowest BCUT2D eigenvalue weighted by Crippen LogP contribution is -2.58. The number of primary amides is 1. The highest BCUT2D eigenvalue weighted by Crippen LogP contribution is 2.28. The average molecular weight is 547 g/mol. The molecule has 39 heavy (non-hydrogen) atoms. The van der Waals surface area contributed by atoms with E-state index >= 15 is 0 Å². The molecule has 13 nitrogen and oxygen atoms in total. The summed E-state index contributed by atoms with van der Waals surface area (Å²) in [6.07, 6.45) is 5.29. The van der Waals surface area contributed by atoms with Gasteiger partial charge in [0.2, 0.25) is 23.6 Å². The lowest BCUT2D eigenvalue weighted by molar-refractivity contribution is -0.134. The minimum absolute atomic E-state index is 0.0449. The Morgan fingerprint density at radius 2 is 1.49 bits per heavy atom. The van der Waals surface area contributed by atoms with Crippen molar-refractivity contribution in [1.29, 1.82) is 0 Å². The minimum atomic E-state index is -1.31. The van der Waals surface area contributed by atoms with Crippen LogP contribution in [-0.4, -0.2) is 72.0 Å². The summed E-state index contributed by atoms with van der Waals surface area (Å²) in [5.74, 6) is -2.43. The van der Waals surface area contributed by atoms with E-state index in [9.17, 15) is 24.3 Å². The molecular formula is C26H42N8O5. The van der Waals surface area contributed by atoms with E-state index in [0.717, 1.165) is 31.2 Å². The van der Waals surface area contributed by atoms with Crippen LogP contribution in [0.5, 0.6) is 0 Å². The number of guanidine groups is 1. The van der Waals surface area contributed by atoms with Crippen LogP contribution in [0, 0.1) is 5.92 Å². The largest absolute Gasteiger partial charge is 0.394 e. The molecule has 0 unspecified atom stereocenters. The Bertz CT molecular complexity index is 980. The monoisotopic (exact) mass is 546 g/mol. The van der Waals surface area contributed by atoms with Crippen molar-refractivity contribution in [2.24, 2.45) is 33.8 Å². The minimum Gasteiger partial charge on any atom is -0.394 e. The van der Waals surface area contributed by atoms with Gasteiger partial charge in [-0.15, -0.1) is 0 Å². The number of benzene rings is 1. The molecule has 0 bridgehead atoms. The van der Waals surface area contributed by atoms with Crippen LogP contribution in [0.3, 0.4) is 0 Å². The van der Waals surface area contributed by atoms with Crippen molar-refractivity contribution in [2.75, 3.05) is 13.2 Å². The number of aliphatic hydroxyl groups is 1. The second kappa shape index (κ2) is 16.3. The Morgan fingerprint density at radius 1 is 0.897 bits per heavy atom. The summed E-state index contributed by atoms with van der Waals surface area (Å²) in [4.78, 5) is 54.9. The van der Waals surface area contributed by atoms with Crippen LogP contribution in [0.1, 0.15) is 50.5 Å². The van der Waals surface area contributed by atoms with Gasteiger partial charge < -0.3 is 44.0 Å². The van der Waals surface area contributed by atoms with Gasteiger partial charge in [-0.25, -0.2) is 0 Å². The highest BCUT2D eigenvalue weighted by molar-refractivity contribution is 5.94. The lowest BCUT2D eigenvalue weighted by Gasteiger charge is -2.26. The Balaban J connectivity index is 2.16. The number of carbonyl (C=O) groups is 4. The Labute approximate surface area is 228 Å². The third kappa shape index (κ3) is 11.3. The molecule has 0 heterocycles. The maximum atomic E-state index is 13.5. The fraction of sp³-hybridized carbons (Fsp3) is 0.577. The van der Waals surface area contributed by atoms with E-state index in [1.807, 2.05) is 6.07 Å². The van der Waals surface area contributed by atoms with Gasteiger partial charge in [-0.1, -0.05) is 56.0 Å². The second-order valence-corrected chi connectivity index (χ2v) is 9.90. The van der Waals surface area contributed by atoms with Gasteiger partial charge in [0.25, 0.3) is 0 Å². The van der Waals surface area contributed by atoms with Crippen LogP contribution in [0.25, 0.3) is 0 Å². The first-order valence-corrected chi connectivity index (χ1v) is 13.3. The van der Waals surface area contributed by atoms with Crippen molar-refractivity contribution in [3.05, 3.63) is 35.9 Å². The summed E-state index contributed by atoms with van der Waals surface area (Å²) in [7, 11) is 0. The Morgan fingerprint density at radius 3 is 2.08 bits per heavy atom. The normalized spacial score (nSPS) is 16.4. The number of rotatable bonds is 16. The van der Waals surface area contributed by atoms with Crippen molar-refractivity contribution in [1.82, 2.24) is 16.0 Å². The van der Waals surface area contributed by atoms with Gasteiger partial charge in [0.1, 0.15) is 18.1 Å². The molecule has 1 fully saturated rings. The predicted molar refractivity (Wildman–Crippen MR) is 147 cm³/mol. The number of aliphatic imine (C=N–C) groups is 1. The molecule has 0 saturated heterocycles. The van der Waals surface area contributed by atoms with Crippen LogP contribution < -0.4 is 38.9 Å². The highest BCUT2D eigenvalue weighted by atomic mass is 16.3. The smallest absolute Gasteiger partial charge is 0.243 e. The average Bonchev–Trinajstić information content (AvgIpc) is 3.42. The van der Waals surface area contributed by atoms with Gasteiger partial charge in [0.15, 0.2) is 5.96 Å². The van der Waals surface area contributed by atoms with Crippen molar-refractivity contribution >= 4 is 29.6 Å². The zero-order valence-corrected chi connectivity index (χ0v) is 22.2. The quantitative estimate of drug-likeness (QED) is 0.0661. The lowest BCUT2D eigenvalue weighted by atomic mass is 9.96. The number of nitrogens with one attached hydrogen (secondary N) is 3. The number of carbonyl (C=O) groups excluding carboxylic acids is 4. The van der Waals surface area contributed by atoms with Gasteiger partial charge in [0, 0.05) is 13.0 Å². The fourth-order valence-electron chi connectivity index (χ4n) is 4.55.